The van der Waals surface area contributed by atoms with E-state index >= 15 is 0 Å². The van der Waals surface area contributed by atoms with Crippen LogP contribution in [0.15, 0.2) is 5.10 Å². The molecule has 0 aliphatic heterocycles. The Morgan fingerprint density at radius 1 is 0.643 bits per heavy atom. The third kappa shape index (κ3) is 5.25. The highest BCUT2D eigenvalue weighted by Crippen LogP contribution is 2.15. The molecule has 0 heterocycles. The predicted molar refractivity (Wildman–Crippen MR) is 62.4 cm³/mol. The summed E-state index contributed by atoms with van der Waals surface area (Å²) in [6, 6.07) is 0. The highest BCUT2D eigenvalue weighted by Gasteiger charge is 2.01. The summed E-state index contributed by atoms with van der Waals surface area (Å²) in [5.74, 6) is 5.37. The summed E-state index contributed by atoms with van der Waals surface area (Å²) in [7, 11) is 0. The zero-order chi connectivity index (χ0) is 10.1. The molecule has 0 saturated heterocycles. The Hall–Kier alpha value is -0.530. The van der Waals surface area contributed by atoms with Crippen molar-refractivity contribution in [2.45, 2.75) is 70.6 Å². The largest absolute Gasteiger partial charge is 0.323 e. The summed E-state index contributed by atoms with van der Waals surface area (Å²) in [6.45, 7) is 0. The standard InChI is InChI=1S/C12H24N2/c13-14-12-10-8-6-4-2-1-3-5-7-9-11-12/h1-11,13H2. The molecule has 14 heavy (non-hydrogen) atoms. The molecule has 0 radical (unpaired) electrons. The number of nitrogens with two attached hydrogens (primary N) is 1. The van der Waals surface area contributed by atoms with E-state index in [1.165, 1.54) is 63.5 Å². The minimum atomic E-state index is 1.14. The molecular formula is C12H24N2. The Kier molecular flexibility index (Phi) is 6.46. The van der Waals surface area contributed by atoms with E-state index in [2.05, 4.69) is 5.10 Å². The molecule has 2 N–H and O–H groups in total. The molecular weight excluding hydrogens is 172 g/mol. The monoisotopic (exact) mass is 196 g/mol. The summed E-state index contributed by atoms with van der Waals surface area (Å²) < 4.78 is 0. The van der Waals surface area contributed by atoms with Crippen molar-refractivity contribution in [3.8, 4) is 0 Å². The highest BCUT2D eigenvalue weighted by molar-refractivity contribution is 5.84. The molecule has 0 amide bonds. The van der Waals surface area contributed by atoms with E-state index in [0.717, 1.165) is 12.8 Å². The van der Waals surface area contributed by atoms with Gasteiger partial charge < -0.3 is 5.84 Å². The van der Waals surface area contributed by atoms with Gasteiger partial charge in [-0.25, -0.2) is 0 Å². The molecule has 0 bridgehead atoms. The number of rotatable bonds is 0. The van der Waals surface area contributed by atoms with Gasteiger partial charge in [0.25, 0.3) is 0 Å². The normalized spacial score (nSPS) is 22.1. The predicted octanol–water partition coefficient (Wildman–Crippen LogP) is 3.61. The van der Waals surface area contributed by atoms with Gasteiger partial charge in [-0.15, -0.1) is 0 Å². The van der Waals surface area contributed by atoms with Gasteiger partial charge in [0.15, 0.2) is 0 Å². The molecule has 0 aromatic heterocycles. The van der Waals surface area contributed by atoms with E-state index < -0.39 is 0 Å². The topological polar surface area (TPSA) is 38.4 Å². The molecule has 0 unspecified atom stereocenters. The molecule has 1 rings (SSSR count). The van der Waals surface area contributed by atoms with Crippen LogP contribution in [0.1, 0.15) is 70.6 Å². The van der Waals surface area contributed by atoms with Gasteiger partial charge in [0, 0.05) is 5.71 Å². The van der Waals surface area contributed by atoms with Crippen LogP contribution in [0.5, 0.6) is 0 Å². The van der Waals surface area contributed by atoms with Crippen molar-refractivity contribution in [3.05, 3.63) is 0 Å². The molecule has 0 aromatic rings. The smallest absolute Gasteiger partial charge is 0.0375 e. The quantitative estimate of drug-likeness (QED) is 0.466. The molecule has 0 atom stereocenters. The first-order valence-electron chi connectivity index (χ1n) is 6.19. The first-order chi connectivity index (χ1) is 6.93. The van der Waals surface area contributed by atoms with Gasteiger partial charge in [-0.05, 0) is 25.7 Å². The summed E-state index contributed by atoms with van der Waals surface area (Å²) in [5.41, 5.74) is 1.24. The van der Waals surface area contributed by atoms with E-state index in [9.17, 15) is 0 Å². The van der Waals surface area contributed by atoms with Crippen LogP contribution in [0, 0.1) is 0 Å². The van der Waals surface area contributed by atoms with E-state index in [-0.39, 0.29) is 0 Å². The molecule has 2 nitrogen and oxygen atoms in total. The van der Waals surface area contributed by atoms with Crippen LogP contribution >= 0.6 is 0 Å². The first kappa shape index (κ1) is 11.5. The van der Waals surface area contributed by atoms with Gasteiger partial charge >= 0.3 is 0 Å². The molecule has 1 fully saturated rings. The summed E-state index contributed by atoms with van der Waals surface area (Å²) >= 11 is 0. The van der Waals surface area contributed by atoms with Crippen molar-refractivity contribution < 1.29 is 0 Å². The molecule has 0 spiro atoms. The summed E-state index contributed by atoms with van der Waals surface area (Å²) in [4.78, 5) is 0. The fourth-order valence-electron chi connectivity index (χ4n) is 2.15. The zero-order valence-corrected chi connectivity index (χ0v) is 9.30. The van der Waals surface area contributed by atoms with Gasteiger partial charge in [-0.2, -0.15) is 5.10 Å². The van der Waals surface area contributed by atoms with Crippen LogP contribution in [0.2, 0.25) is 0 Å². The van der Waals surface area contributed by atoms with Crippen molar-refractivity contribution in [1.82, 2.24) is 0 Å². The Morgan fingerprint density at radius 3 is 1.36 bits per heavy atom. The fourth-order valence-corrected chi connectivity index (χ4v) is 2.15. The van der Waals surface area contributed by atoms with Gasteiger partial charge in [-0.1, -0.05) is 44.9 Å². The first-order valence-corrected chi connectivity index (χ1v) is 6.19. The van der Waals surface area contributed by atoms with Gasteiger partial charge in [0.1, 0.15) is 0 Å². The van der Waals surface area contributed by atoms with Crippen LogP contribution in [0.25, 0.3) is 0 Å². The average molecular weight is 196 g/mol. The number of hydrazone groups is 1. The van der Waals surface area contributed by atoms with Gasteiger partial charge in [-0.3, -0.25) is 0 Å². The Bertz CT molecular complexity index is 150. The minimum absolute atomic E-state index is 1.14. The van der Waals surface area contributed by atoms with Crippen LogP contribution in [0.3, 0.4) is 0 Å². The second-order valence-corrected chi connectivity index (χ2v) is 4.38. The SMILES string of the molecule is NN=C1CCCCCCCCCCC1. The number of hydrogen-bond donors (Lipinski definition) is 1. The lowest BCUT2D eigenvalue weighted by Gasteiger charge is -2.08. The maximum Gasteiger partial charge on any atom is 0.0375 e. The highest BCUT2D eigenvalue weighted by atomic mass is 15.1. The van der Waals surface area contributed by atoms with E-state index in [4.69, 9.17) is 5.84 Å². The maximum atomic E-state index is 5.37. The van der Waals surface area contributed by atoms with E-state index in [1.807, 2.05) is 0 Å². The van der Waals surface area contributed by atoms with Crippen LogP contribution < -0.4 is 5.84 Å². The summed E-state index contributed by atoms with van der Waals surface area (Å²) in [6.07, 6.45) is 14.7. The Morgan fingerprint density at radius 2 is 1.00 bits per heavy atom. The van der Waals surface area contributed by atoms with Crippen molar-refractivity contribution in [1.29, 1.82) is 0 Å². The fraction of sp³-hybridized carbons (Fsp3) is 0.917. The third-order valence-corrected chi connectivity index (χ3v) is 3.11. The average Bonchev–Trinajstić information content (AvgIpc) is 2.19. The van der Waals surface area contributed by atoms with Crippen LogP contribution in [-0.2, 0) is 0 Å². The van der Waals surface area contributed by atoms with Crippen molar-refractivity contribution >= 4 is 5.71 Å². The Balaban J connectivity index is 2.24. The number of nitrogens with zero attached hydrogens (tertiary/aromatic N) is 1. The lowest BCUT2D eigenvalue weighted by Crippen LogP contribution is -2.03. The van der Waals surface area contributed by atoms with Crippen LogP contribution in [-0.4, -0.2) is 5.71 Å². The van der Waals surface area contributed by atoms with Crippen molar-refractivity contribution in [2.75, 3.05) is 0 Å². The lowest BCUT2D eigenvalue weighted by atomic mass is 10.00. The van der Waals surface area contributed by atoms with Gasteiger partial charge in [0.05, 0.1) is 0 Å². The minimum Gasteiger partial charge on any atom is -0.323 e. The Labute approximate surface area is 88.0 Å². The second kappa shape index (κ2) is 7.84. The summed E-state index contributed by atoms with van der Waals surface area (Å²) in [5, 5.41) is 3.89. The molecule has 0 aromatic carbocycles. The van der Waals surface area contributed by atoms with E-state index in [1.54, 1.807) is 0 Å². The third-order valence-electron chi connectivity index (χ3n) is 3.11. The molecule has 1 saturated carbocycles. The van der Waals surface area contributed by atoms with E-state index in [0.29, 0.717) is 0 Å². The van der Waals surface area contributed by atoms with Crippen molar-refractivity contribution in [3.63, 3.8) is 0 Å². The molecule has 1 aliphatic rings. The molecule has 1 aliphatic carbocycles. The van der Waals surface area contributed by atoms with Crippen LogP contribution in [0.4, 0.5) is 0 Å². The van der Waals surface area contributed by atoms with Gasteiger partial charge in [0.2, 0.25) is 0 Å². The molecule has 82 valence electrons. The number of hydrogen-bond acceptors (Lipinski definition) is 2. The molecule has 2 heteroatoms. The zero-order valence-electron chi connectivity index (χ0n) is 9.30. The second-order valence-electron chi connectivity index (χ2n) is 4.38. The maximum absolute atomic E-state index is 5.37. The lowest BCUT2D eigenvalue weighted by molar-refractivity contribution is 0.555. The van der Waals surface area contributed by atoms with Crippen molar-refractivity contribution in [2.24, 2.45) is 10.9 Å².